The molecule has 0 aliphatic carbocycles. The maximum absolute atomic E-state index is 4.61. The molecule has 4 nitrogen and oxygen atoms in total. The Morgan fingerprint density at radius 2 is 1.84 bits per heavy atom. The number of aryl methyl sites for hydroxylation is 2. The summed E-state index contributed by atoms with van der Waals surface area (Å²) in [6, 6.07) is 10.5. The van der Waals surface area contributed by atoms with Gasteiger partial charge in [-0.1, -0.05) is 58.4 Å². The number of benzene rings is 1. The van der Waals surface area contributed by atoms with E-state index >= 15 is 0 Å². The van der Waals surface area contributed by atoms with E-state index in [0.717, 1.165) is 42.8 Å². The Morgan fingerprint density at radius 3 is 2.52 bits per heavy atom. The third kappa shape index (κ3) is 5.38. The zero-order valence-electron chi connectivity index (χ0n) is 16.1. The van der Waals surface area contributed by atoms with Crippen LogP contribution in [-0.4, -0.2) is 15.7 Å². The Bertz CT molecular complexity index is 720. The van der Waals surface area contributed by atoms with Crippen LogP contribution in [0.4, 0.5) is 5.95 Å². The van der Waals surface area contributed by atoms with Gasteiger partial charge in [0.15, 0.2) is 0 Å². The topological polar surface area (TPSA) is 50.2 Å². The molecule has 0 unspecified atom stereocenters. The highest BCUT2D eigenvalue weighted by Gasteiger charge is 2.09. The molecule has 0 radical (unpaired) electrons. The van der Waals surface area contributed by atoms with Crippen LogP contribution in [-0.2, 0) is 12.8 Å². The SMILES string of the molecule is CCCCc1cc(CC)nc(NN=C(C)c2ccccc2C(C)C)n1. The number of anilines is 1. The molecular weight excluding hydrogens is 308 g/mol. The molecule has 2 rings (SSSR count). The zero-order valence-corrected chi connectivity index (χ0v) is 16.1. The zero-order chi connectivity index (χ0) is 18.2. The van der Waals surface area contributed by atoms with Crippen LogP contribution < -0.4 is 5.43 Å². The molecule has 0 aliphatic heterocycles. The molecule has 0 atom stereocenters. The van der Waals surface area contributed by atoms with E-state index < -0.39 is 0 Å². The molecule has 0 saturated carbocycles. The molecule has 0 aliphatic rings. The van der Waals surface area contributed by atoms with Gasteiger partial charge in [-0.25, -0.2) is 15.4 Å². The number of unbranched alkanes of at least 4 members (excludes halogenated alkanes) is 1. The fraction of sp³-hybridized carbons (Fsp3) is 0.476. The fourth-order valence-electron chi connectivity index (χ4n) is 2.80. The van der Waals surface area contributed by atoms with Gasteiger partial charge in [-0.15, -0.1) is 0 Å². The summed E-state index contributed by atoms with van der Waals surface area (Å²) in [5, 5.41) is 4.55. The maximum Gasteiger partial charge on any atom is 0.243 e. The molecule has 0 fully saturated rings. The quantitative estimate of drug-likeness (QED) is 0.522. The lowest BCUT2D eigenvalue weighted by Gasteiger charge is -2.12. The summed E-state index contributed by atoms with van der Waals surface area (Å²) in [4.78, 5) is 9.17. The number of rotatable bonds is 8. The normalized spacial score (nSPS) is 11.8. The summed E-state index contributed by atoms with van der Waals surface area (Å²) in [7, 11) is 0. The first-order chi connectivity index (χ1) is 12.0. The summed E-state index contributed by atoms with van der Waals surface area (Å²) in [5.41, 5.74) is 8.63. The van der Waals surface area contributed by atoms with Gasteiger partial charge in [0, 0.05) is 17.0 Å². The van der Waals surface area contributed by atoms with Crippen molar-refractivity contribution in [3.05, 3.63) is 52.8 Å². The van der Waals surface area contributed by atoms with Crippen molar-refractivity contribution in [3.63, 3.8) is 0 Å². The first kappa shape index (κ1) is 19.1. The molecule has 0 saturated heterocycles. The van der Waals surface area contributed by atoms with Crippen LogP contribution in [0.3, 0.4) is 0 Å². The van der Waals surface area contributed by atoms with E-state index in [2.05, 4.69) is 78.5 Å². The molecular formula is C21H30N4. The van der Waals surface area contributed by atoms with Crippen LogP contribution >= 0.6 is 0 Å². The number of hydrogen-bond donors (Lipinski definition) is 1. The number of hydrazone groups is 1. The van der Waals surface area contributed by atoms with Crippen molar-refractivity contribution in [2.45, 2.75) is 66.2 Å². The average molecular weight is 338 g/mol. The van der Waals surface area contributed by atoms with Gasteiger partial charge in [0.05, 0.1) is 5.71 Å². The molecule has 1 heterocycles. The van der Waals surface area contributed by atoms with Gasteiger partial charge < -0.3 is 0 Å². The molecule has 0 spiro atoms. The van der Waals surface area contributed by atoms with Gasteiger partial charge in [0.2, 0.25) is 5.95 Å². The van der Waals surface area contributed by atoms with Crippen LogP contribution in [0, 0.1) is 0 Å². The van der Waals surface area contributed by atoms with Crippen molar-refractivity contribution in [1.82, 2.24) is 9.97 Å². The van der Waals surface area contributed by atoms with Crippen molar-refractivity contribution in [2.75, 3.05) is 5.43 Å². The Morgan fingerprint density at radius 1 is 1.12 bits per heavy atom. The van der Waals surface area contributed by atoms with E-state index in [4.69, 9.17) is 0 Å². The second-order valence-corrected chi connectivity index (χ2v) is 6.68. The van der Waals surface area contributed by atoms with Crippen LogP contribution in [0.2, 0.25) is 0 Å². The predicted octanol–water partition coefficient (Wildman–Crippen LogP) is 5.34. The maximum atomic E-state index is 4.61. The van der Waals surface area contributed by atoms with E-state index in [-0.39, 0.29) is 0 Å². The van der Waals surface area contributed by atoms with Crippen molar-refractivity contribution >= 4 is 11.7 Å². The van der Waals surface area contributed by atoms with E-state index in [0.29, 0.717) is 11.9 Å². The van der Waals surface area contributed by atoms with Gasteiger partial charge in [0.1, 0.15) is 0 Å². The minimum absolute atomic E-state index is 0.460. The lowest BCUT2D eigenvalue weighted by molar-refractivity contribution is 0.769. The first-order valence-corrected chi connectivity index (χ1v) is 9.31. The molecule has 25 heavy (non-hydrogen) atoms. The molecule has 2 aromatic rings. The summed E-state index contributed by atoms with van der Waals surface area (Å²) < 4.78 is 0. The van der Waals surface area contributed by atoms with E-state index in [1.165, 1.54) is 11.1 Å². The van der Waals surface area contributed by atoms with Crippen molar-refractivity contribution in [1.29, 1.82) is 0 Å². The summed E-state index contributed by atoms with van der Waals surface area (Å²) in [6.07, 6.45) is 4.19. The molecule has 1 aromatic heterocycles. The number of aromatic nitrogens is 2. The third-order valence-corrected chi connectivity index (χ3v) is 4.28. The van der Waals surface area contributed by atoms with Crippen LogP contribution in [0.15, 0.2) is 35.4 Å². The lowest BCUT2D eigenvalue weighted by Crippen LogP contribution is -2.08. The Labute approximate surface area is 151 Å². The van der Waals surface area contributed by atoms with Crippen LogP contribution in [0.5, 0.6) is 0 Å². The average Bonchev–Trinajstić information content (AvgIpc) is 2.64. The Hall–Kier alpha value is -2.23. The number of nitrogens with zero attached hydrogens (tertiary/aromatic N) is 3. The van der Waals surface area contributed by atoms with Crippen LogP contribution in [0.25, 0.3) is 0 Å². The highest BCUT2D eigenvalue weighted by atomic mass is 15.4. The van der Waals surface area contributed by atoms with Gasteiger partial charge in [-0.2, -0.15) is 5.10 Å². The van der Waals surface area contributed by atoms with Crippen molar-refractivity contribution in [2.24, 2.45) is 5.10 Å². The molecule has 0 amide bonds. The highest BCUT2D eigenvalue weighted by molar-refractivity contribution is 6.00. The van der Waals surface area contributed by atoms with E-state index in [9.17, 15) is 0 Å². The van der Waals surface area contributed by atoms with Gasteiger partial charge in [-0.05, 0) is 43.7 Å². The van der Waals surface area contributed by atoms with Crippen LogP contribution in [0.1, 0.15) is 75.9 Å². The minimum Gasteiger partial charge on any atom is -0.245 e. The number of nitrogens with one attached hydrogen (secondary N) is 1. The summed E-state index contributed by atoms with van der Waals surface area (Å²) in [6.45, 7) is 10.7. The second kappa shape index (κ2) is 9.30. The van der Waals surface area contributed by atoms with Crippen molar-refractivity contribution < 1.29 is 0 Å². The highest BCUT2D eigenvalue weighted by Crippen LogP contribution is 2.20. The summed E-state index contributed by atoms with van der Waals surface area (Å²) >= 11 is 0. The molecule has 134 valence electrons. The Kier molecular flexibility index (Phi) is 7.11. The second-order valence-electron chi connectivity index (χ2n) is 6.68. The van der Waals surface area contributed by atoms with Crippen molar-refractivity contribution in [3.8, 4) is 0 Å². The smallest absolute Gasteiger partial charge is 0.243 e. The monoisotopic (exact) mass is 338 g/mol. The van der Waals surface area contributed by atoms with Gasteiger partial charge >= 0.3 is 0 Å². The predicted molar refractivity (Wildman–Crippen MR) is 106 cm³/mol. The molecule has 1 aromatic carbocycles. The number of hydrogen-bond acceptors (Lipinski definition) is 4. The van der Waals surface area contributed by atoms with E-state index in [1.807, 2.05) is 6.92 Å². The minimum atomic E-state index is 0.460. The van der Waals surface area contributed by atoms with Gasteiger partial charge in [-0.3, -0.25) is 0 Å². The lowest BCUT2D eigenvalue weighted by atomic mass is 9.95. The van der Waals surface area contributed by atoms with Gasteiger partial charge in [0.25, 0.3) is 0 Å². The fourth-order valence-corrected chi connectivity index (χ4v) is 2.80. The Balaban J connectivity index is 2.23. The molecule has 4 heteroatoms. The summed E-state index contributed by atoms with van der Waals surface area (Å²) in [5.74, 6) is 1.05. The largest absolute Gasteiger partial charge is 0.245 e. The van der Waals surface area contributed by atoms with E-state index in [1.54, 1.807) is 0 Å². The standard InChI is InChI=1S/C21H30N4/c1-6-8-11-18-14-17(7-2)22-21(23-18)25-24-16(5)20-13-10-9-12-19(20)15(3)4/h9-10,12-15H,6-8,11H2,1-5H3,(H,22,23,25). The molecule has 1 N–H and O–H groups in total. The third-order valence-electron chi connectivity index (χ3n) is 4.28. The first-order valence-electron chi connectivity index (χ1n) is 9.31. The molecule has 0 bridgehead atoms.